The number of esters is 1. The first-order chi connectivity index (χ1) is 12.4. The zero-order chi connectivity index (χ0) is 19.5. The lowest BCUT2D eigenvalue weighted by Gasteiger charge is -2.15. The van der Waals surface area contributed by atoms with E-state index in [1.165, 1.54) is 0 Å². The minimum atomic E-state index is -0.617. The zero-order valence-electron chi connectivity index (χ0n) is 15.0. The maximum Gasteiger partial charge on any atom is 0.330 e. The molecule has 0 fully saturated rings. The van der Waals surface area contributed by atoms with Crippen LogP contribution in [0.2, 0.25) is 0 Å². The summed E-state index contributed by atoms with van der Waals surface area (Å²) in [6.07, 6.45) is 2.84. The van der Waals surface area contributed by atoms with E-state index in [-0.39, 0.29) is 23.7 Å². The number of anilines is 1. The Morgan fingerprint density at radius 2 is 1.88 bits per heavy atom. The van der Waals surface area contributed by atoms with E-state index in [0.29, 0.717) is 11.3 Å². The molecule has 3 N–H and O–H groups in total. The summed E-state index contributed by atoms with van der Waals surface area (Å²) in [6, 6.07) is 6.85. The molecule has 26 heavy (non-hydrogen) atoms. The van der Waals surface area contributed by atoms with Crippen molar-refractivity contribution in [1.82, 2.24) is 10.6 Å². The van der Waals surface area contributed by atoms with Crippen molar-refractivity contribution in [2.75, 3.05) is 11.9 Å². The van der Waals surface area contributed by atoms with Crippen LogP contribution in [-0.4, -0.2) is 35.5 Å². The van der Waals surface area contributed by atoms with Gasteiger partial charge in [0, 0.05) is 18.2 Å². The molecule has 1 aromatic rings. The van der Waals surface area contributed by atoms with Crippen LogP contribution in [0.25, 0.3) is 0 Å². The summed E-state index contributed by atoms with van der Waals surface area (Å²) in [4.78, 5) is 35.3. The third kappa shape index (κ3) is 7.43. The molecule has 0 bridgehead atoms. The van der Waals surface area contributed by atoms with Crippen LogP contribution in [0.5, 0.6) is 0 Å². The zero-order valence-corrected chi connectivity index (χ0v) is 15.8. The number of amides is 2. The van der Waals surface area contributed by atoms with Gasteiger partial charge in [0.05, 0.1) is 17.9 Å². The molecule has 2 amide bonds. The molecule has 140 valence electrons. The molecule has 1 unspecified atom stereocenters. The first-order valence-electron chi connectivity index (χ1n) is 8.24. The lowest BCUT2D eigenvalue weighted by Crippen LogP contribution is -2.35. The van der Waals surface area contributed by atoms with Crippen molar-refractivity contribution < 1.29 is 19.1 Å². The molecule has 1 atom stereocenters. The van der Waals surface area contributed by atoms with E-state index in [1.807, 2.05) is 13.8 Å². The fourth-order valence-corrected chi connectivity index (χ4v) is 2.05. The topological polar surface area (TPSA) is 96.5 Å². The van der Waals surface area contributed by atoms with Crippen molar-refractivity contribution >= 4 is 40.8 Å². The number of carbonyl (C=O) groups excluding carboxylic acids is 3. The molecule has 0 heterocycles. The van der Waals surface area contributed by atoms with Crippen molar-refractivity contribution in [2.45, 2.75) is 33.2 Å². The summed E-state index contributed by atoms with van der Waals surface area (Å²) >= 11 is 5.08. The summed E-state index contributed by atoms with van der Waals surface area (Å²) in [5.41, 5.74) is 0.874. The van der Waals surface area contributed by atoms with Crippen molar-refractivity contribution in [2.24, 2.45) is 0 Å². The molecule has 0 aliphatic heterocycles. The number of hydrogen-bond acceptors (Lipinski definition) is 5. The lowest BCUT2D eigenvalue weighted by molar-refractivity contribution is -0.137. The van der Waals surface area contributed by atoms with E-state index in [1.54, 1.807) is 31.2 Å². The molecule has 8 heteroatoms. The monoisotopic (exact) mass is 377 g/mol. The Kier molecular flexibility index (Phi) is 9.00. The van der Waals surface area contributed by atoms with Gasteiger partial charge >= 0.3 is 5.97 Å². The third-order valence-corrected chi connectivity index (χ3v) is 3.51. The van der Waals surface area contributed by atoms with Crippen molar-refractivity contribution in [3.8, 4) is 0 Å². The maximum absolute atomic E-state index is 12.3. The van der Waals surface area contributed by atoms with Gasteiger partial charge in [-0.2, -0.15) is 0 Å². The highest BCUT2D eigenvalue weighted by Gasteiger charge is 2.14. The summed E-state index contributed by atoms with van der Waals surface area (Å²) in [6.45, 7) is 5.78. The van der Waals surface area contributed by atoms with Gasteiger partial charge in [-0.3, -0.25) is 14.9 Å². The highest BCUT2D eigenvalue weighted by molar-refractivity contribution is 7.80. The van der Waals surface area contributed by atoms with E-state index in [0.717, 1.165) is 18.6 Å². The Morgan fingerprint density at radius 3 is 2.54 bits per heavy atom. The summed E-state index contributed by atoms with van der Waals surface area (Å²) in [5, 5.41) is 8.09. The predicted molar refractivity (Wildman–Crippen MR) is 104 cm³/mol. The van der Waals surface area contributed by atoms with Gasteiger partial charge in [0.15, 0.2) is 5.11 Å². The van der Waals surface area contributed by atoms with Crippen molar-refractivity contribution in [3.63, 3.8) is 0 Å². The van der Waals surface area contributed by atoms with Crippen LogP contribution in [0.1, 0.15) is 37.6 Å². The number of para-hydroxylation sites is 1. The van der Waals surface area contributed by atoms with Crippen LogP contribution in [0.3, 0.4) is 0 Å². The van der Waals surface area contributed by atoms with Gasteiger partial charge in [-0.05, 0) is 44.6 Å². The molecular formula is C18H23N3O4S. The van der Waals surface area contributed by atoms with E-state index >= 15 is 0 Å². The first kappa shape index (κ1) is 21.3. The summed E-state index contributed by atoms with van der Waals surface area (Å²) in [5.74, 6) is -1.44. The second kappa shape index (κ2) is 11.0. The predicted octanol–water partition coefficient (Wildman–Crippen LogP) is 2.15. The largest absolute Gasteiger partial charge is 0.463 e. The minimum absolute atomic E-state index is 0.00676. The fraction of sp³-hybridized carbons (Fsp3) is 0.333. The SMILES string of the molecule is CCOC(=O)/C=C/C(=O)NC(=S)Nc1ccccc1C(=O)NC(C)CC. The van der Waals surface area contributed by atoms with Gasteiger partial charge in [0.25, 0.3) is 5.91 Å². The van der Waals surface area contributed by atoms with Crippen molar-refractivity contribution in [3.05, 3.63) is 42.0 Å². The first-order valence-corrected chi connectivity index (χ1v) is 8.64. The van der Waals surface area contributed by atoms with E-state index in [2.05, 4.69) is 20.7 Å². The number of nitrogens with one attached hydrogen (secondary N) is 3. The molecule has 0 saturated carbocycles. The molecule has 0 radical (unpaired) electrons. The number of benzene rings is 1. The molecule has 7 nitrogen and oxygen atoms in total. The molecule has 0 spiro atoms. The van der Waals surface area contributed by atoms with Crippen LogP contribution in [0, 0.1) is 0 Å². The number of rotatable bonds is 7. The minimum Gasteiger partial charge on any atom is -0.463 e. The average molecular weight is 377 g/mol. The normalized spacial score (nSPS) is 11.5. The molecular weight excluding hydrogens is 354 g/mol. The highest BCUT2D eigenvalue weighted by atomic mass is 32.1. The van der Waals surface area contributed by atoms with E-state index in [4.69, 9.17) is 12.2 Å². The summed E-state index contributed by atoms with van der Waals surface area (Å²) in [7, 11) is 0. The molecule has 0 aliphatic rings. The molecule has 1 rings (SSSR count). The van der Waals surface area contributed by atoms with Crippen molar-refractivity contribution in [1.29, 1.82) is 0 Å². The Labute approximate surface area is 158 Å². The number of hydrogen-bond donors (Lipinski definition) is 3. The fourth-order valence-electron chi connectivity index (χ4n) is 1.83. The Bertz CT molecular complexity index is 703. The van der Waals surface area contributed by atoms with Gasteiger partial charge in [0.2, 0.25) is 5.91 Å². The number of thiocarbonyl (C=S) groups is 1. The van der Waals surface area contributed by atoms with Gasteiger partial charge < -0.3 is 15.4 Å². The Hall–Kier alpha value is -2.74. The lowest BCUT2D eigenvalue weighted by atomic mass is 10.1. The van der Waals surface area contributed by atoms with E-state index < -0.39 is 11.9 Å². The van der Waals surface area contributed by atoms with Crippen LogP contribution in [0.4, 0.5) is 5.69 Å². The summed E-state index contributed by atoms with van der Waals surface area (Å²) < 4.78 is 4.68. The van der Waals surface area contributed by atoms with Crippen LogP contribution < -0.4 is 16.0 Å². The van der Waals surface area contributed by atoms with Crippen LogP contribution in [0.15, 0.2) is 36.4 Å². The second-order valence-corrected chi connectivity index (χ2v) is 5.77. The number of carbonyl (C=O) groups is 3. The molecule has 0 aliphatic carbocycles. The van der Waals surface area contributed by atoms with Crippen LogP contribution >= 0.6 is 12.2 Å². The van der Waals surface area contributed by atoms with Gasteiger partial charge in [-0.15, -0.1) is 0 Å². The van der Waals surface area contributed by atoms with E-state index in [9.17, 15) is 14.4 Å². The van der Waals surface area contributed by atoms with Gasteiger partial charge in [0.1, 0.15) is 0 Å². The highest BCUT2D eigenvalue weighted by Crippen LogP contribution is 2.15. The molecule has 0 aromatic heterocycles. The maximum atomic E-state index is 12.3. The Balaban J connectivity index is 2.71. The third-order valence-electron chi connectivity index (χ3n) is 3.30. The molecule has 0 saturated heterocycles. The molecule has 1 aromatic carbocycles. The quantitative estimate of drug-likeness (QED) is 0.383. The van der Waals surface area contributed by atoms with Gasteiger partial charge in [-0.1, -0.05) is 19.1 Å². The van der Waals surface area contributed by atoms with Crippen LogP contribution in [-0.2, 0) is 14.3 Å². The second-order valence-electron chi connectivity index (χ2n) is 5.36. The Morgan fingerprint density at radius 1 is 1.19 bits per heavy atom. The van der Waals surface area contributed by atoms with Gasteiger partial charge in [-0.25, -0.2) is 4.79 Å². The standard InChI is InChI=1S/C18H23N3O4S/c1-4-12(3)19-17(24)13-8-6-7-9-14(13)20-18(26)21-15(22)10-11-16(23)25-5-2/h6-12H,4-5H2,1-3H3,(H,19,24)(H2,20,21,22,26)/b11-10+. The average Bonchev–Trinajstić information content (AvgIpc) is 2.60. The number of ether oxygens (including phenoxy) is 1. The smallest absolute Gasteiger partial charge is 0.330 e.